The Hall–Kier alpha value is -1.71. The summed E-state index contributed by atoms with van der Waals surface area (Å²) in [6.07, 6.45) is 2.22. The van der Waals surface area contributed by atoms with Gasteiger partial charge in [-0.05, 0) is 19.1 Å². The average Bonchev–Trinajstić information content (AvgIpc) is 2.49. The fourth-order valence-electron chi connectivity index (χ4n) is 1.17. The highest BCUT2D eigenvalue weighted by molar-refractivity contribution is 5.75. The Labute approximate surface area is 68.8 Å². The first kappa shape index (κ1) is 6.97. The molecule has 60 valence electrons. The summed E-state index contributed by atoms with van der Waals surface area (Å²) in [7, 11) is 0. The van der Waals surface area contributed by atoms with Crippen LogP contribution in [0.4, 0.5) is 0 Å². The van der Waals surface area contributed by atoms with Gasteiger partial charge in [-0.2, -0.15) is 5.10 Å². The summed E-state index contributed by atoms with van der Waals surface area (Å²) in [5, 5.41) is 3.95. The van der Waals surface area contributed by atoms with Gasteiger partial charge in [0, 0.05) is 0 Å². The summed E-state index contributed by atoms with van der Waals surface area (Å²) in [5.41, 5.74) is 2.30. The second-order valence-corrected chi connectivity index (χ2v) is 2.52. The lowest BCUT2D eigenvalue weighted by atomic mass is 10.4. The van der Waals surface area contributed by atoms with Crippen molar-refractivity contribution >= 4 is 11.8 Å². The minimum absolute atomic E-state index is 0.551. The van der Waals surface area contributed by atoms with E-state index in [0.29, 0.717) is 5.69 Å². The Balaban J connectivity index is 2.88. The molecule has 0 spiro atoms. The van der Waals surface area contributed by atoms with E-state index >= 15 is 0 Å². The molecule has 0 atom stereocenters. The van der Waals surface area contributed by atoms with Crippen LogP contribution < -0.4 is 0 Å². The topological polar surface area (TPSA) is 47.3 Å². The van der Waals surface area contributed by atoms with E-state index in [2.05, 4.69) is 10.1 Å². The molecular formula is C8H7N3O. The summed E-state index contributed by atoms with van der Waals surface area (Å²) in [5.74, 6) is 0. The van der Waals surface area contributed by atoms with Crippen molar-refractivity contribution in [1.29, 1.82) is 0 Å². The zero-order chi connectivity index (χ0) is 8.55. The number of aryl methyl sites for hydroxylation is 1. The standard InChI is InChI=1S/C8H7N3O/c1-6-8-3-2-7(4-12)11(8)10-5-9-6/h2-5H,1H3. The summed E-state index contributed by atoms with van der Waals surface area (Å²) >= 11 is 0. The molecule has 0 aliphatic heterocycles. The zero-order valence-electron chi connectivity index (χ0n) is 6.56. The van der Waals surface area contributed by atoms with Gasteiger partial charge in [0.15, 0.2) is 6.29 Å². The third kappa shape index (κ3) is 0.812. The number of hydrogen-bond acceptors (Lipinski definition) is 3. The monoisotopic (exact) mass is 161 g/mol. The molecule has 0 unspecified atom stereocenters. The van der Waals surface area contributed by atoms with Gasteiger partial charge in [-0.25, -0.2) is 9.50 Å². The predicted octanol–water partition coefficient (Wildman–Crippen LogP) is 0.850. The van der Waals surface area contributed by atoms with Crippen LogP contribution in [0.25, 0.3) is 5.52 Å². The zero-order valence-corrected chi connectivity index (χ0v) is 6.56. The van der Waals surface area contributed by atoms with Gasteiger partial charge in [-0.1, -0.05) is 0 Å². The molecule has 0 N–H and O–H groups in total. The molecule has 0 aliphatic carbocycles. The van der Waals surface area contributed by atoms with E-state index in [1.807, 2.05) is 13.0 Å². The van der Waals surface area contributed by atoms with E-state index in [9.17, 15) is 4.79 Å². The molecule has 0 radical (unpaired) electrons. The van der Waals surface area contributed by atoms with Gasteiger partial charge in [0.2, 0.25) is 0 Å². The van der Waals surface area contributed by atoms with Crippen molar-refractivity contribution in [2.45, 2.75) is 6.92 Å². The fraction of sp³-hybridized carbons (Fsp3) is 0.125. The average molecular weight is 161 g/mol. The van der Waals surface area contributed by atoms with Crippen LogP contribution in [0.3, 0.4) is 0 Å². The number of hydrogen-bond donors (Lipinski definition) is 0. The van der Waals surface area contributed by atoms with Crippen molar-refractivity contribution in [3.63, 3.8) is 0 Å². The van der Waals surface area contributed by atoms with E-state index in [0.717, 1.165) is 17.5 Å². The van der Waals surface area contributed by atoms with Crippen molar-refractivity contribution < 1.29 is 4.79 Å². The Bertz CT molecular complexity index is 433. The maximum atomic E-state index is 10.5. The molecule has 4 heteroatoms. The molecule has 0 aromatic carbocycles. The smallest absolute Gasteiger partial charge is 0.168 e. The second kappa shape index (κ2) is 2.41. The molecule has 4 nitrogen and oxygen atoms in total. The third-order valence-corrected chi connectivity index (χ3v) is 1.79. The van der Waals surface area contributed by atoms with Crippen LogP contribution in [0.5, 0.6) is 0 Å². The lowest BCUT2D eigenvalue weighted by Gasteiger charge is -1.96. The molecule has 12 heavy (non-hydrogen) atoms. The first-order chi connectivity index (χ1) is 5.83. The van der Waals surface area contributed by atoms with Gasteiger partial charge >= 0.3 is 0 Å². The lowest BCUT2D eigenvalue weighted by Crippen LogP contribution is -1.98. The Morgan fingerprint density at radius 3 is 3.08 bits per heavy atom. The normalized spacial score (nSPS) is 10.4. The summed E-state index contributed by atoms with van der Waals surface area (Å²) in [4.78, 5) is 14.5. The van der Waals surface area contributed by atoms with Gasteiger partial charge in [0.05, 0.1) is 11.2 Å². The molecule has 0 bridgehead atoms. The van der Waals surface area contributed by atoms with Crippen LogP contribution in [0.15, 0.2) is 18.5 Å². The maximum absolute atomic E-state index is 10.5. The molecule has 0 saturated carbocycles. The SMILES string of the molecule is Cc1ncnn2c(C=O)ccc12. The molecule has 2 rings (SSSR count). The van der Waals surface area contributed by atoms with Gasteiger partial charge in [0.1, 0.15) is 12.0 Å². The van der Waals surface area contributed by atoms with Crippen molar-refractivity contribution in [2.75, 3.05) is 0 Å². The van der Waals surface area contributed by atoms with Crippen molar-refractivity contribution in [3.8, 4) is 0 Å². The number of nitrogens with zero attached hydrogens (tertiary/aromatic N) is 3. The van der Waals surface area contributed by atoms with E-state index in [1.165, 1.54) is 6.33 Å². The van der Waals surface area contributed by atoms with Crippen LogP contribution in [0.1, 0.15) is 16.2 Å². The highest BCUT2D eigenvalue weighted by Gasteiger charge is 2.02. The molecular weight excluding hydrogens is 154 g/mol. The fourth-order valence-corrected chi connectivity index (χ4v) is 1.17. The molecule has 0 saturated heterocycles. The predicted molar refractivity (Wildman–Crippen MR) is 43.1 cm³/mol. The van der Waals surface area contributed by atoms with Gasteiger partial charge < -0.3 is 0 Å². The molecule has 2 heterocycles. The van der Waals surface area contributed by atoms with Crippen LogP contribution in [0.2, 0.25) is 0 Å². The van der Waals surface area contributed by atoms with E-state index in [1.54, 1.807) is 10.6 Å². The Morgan fingerprint density at radius 2 is 2.33 bits per heavy atom. The number of fused-ring (bicyclic) bond motifs is 1. The quantitative estimate of drug-likeness (QED) is 0.582. The lowest BCUT2D eigenvalue weighted by molar-refractivity contribution is 0.111. The molecule has 0 fully saturated rings. The number of carbonyl (C=O) groups excluding carboxylic acids is 1. The highest BCUT2D eigenvalue weighted by atomic mass is 16.1. The second-order valence-electron chi connectivity index (χ2n) is 2.52. The Morgan fingerprint density at radius 1 is 1.50 bits per heavy atom. The van der Waals surface area contributed by atoms with Crippen LogP contribution in [-0.2, 0) is 0 Å². The summed E-state index contributed by atoms with van der Waals surface area (Å²) in [6, 6.07) is 3.56. The van der Waals surface area contributed by atoms with Crippen LogP contribution >= 0.6 is 0 Å². The number of rotatable bonds is 1. The first-order valence-corrected chi connectivity index (χ1v) is 3.57. The number of aldehydes is 1. The minimum Gasteiger partial charge on any atom is -0.296 e. The Kier molecular flexibility index (Phi) is 1.40. The maximum Gasteiger partial charge on any atom is 0.168 e. The van der Waals surface area contributed by atoms with E-state index < -0.39 is 0 Å². The van der Waals surface area contributed by atoms with Crippen molar-refractivity contribution in [2.24, 2.45) is 0 Å². The van der Waals surface area contributed by atoms with Crippen molar-refractivity contribution in [3.05, 3.63) is 29.8 Å². The highest BCUT2D eigenvalue weighted by Crippen LogP contribution is 2.08. The first-order valence-electron chi connectivity index (χ1n) is 3.57. The summed E-state index contributed by atoms with van der Waals surface area (Å²) in [6.45, 7) is 1.88. The number of aromatic nitrogens is 3. The van der Waals surface area contributed by atoms with E-state index in [4.69, 9.17) is 0 Å². The van der Waals surface area contributed by atoms with Gasteiger partial charge in [-0.15, -0.1) is 0 Å². The van der Waals surface area contributed by atoms with Gasteiger partial charge in [0.25, 0.3) is 0 Å². The largest absolute Gasteiger partial charge is 0.296 e. The van der Waals surface area contributed by atoms with Crippen LogP contribution in [0, 0.1) is 6.92 Å². The minimum atomic E-state index is 0.551. The molecule has 2 aromatic rings. The number of carbonyl (C=O) groups is 1. The molecule has 2 aromatic heterocycles. The molecule has 0 amide bonds. The molecule has 0 aliphatic rings. The van der Waals surface area contributed by atoms with Crippen LogP contribution in [-0.4, -0.2) is 20.9 Å². The van der Waals surface area contributed by atoms with E-state index in [-0.39, 0.29) is 0 Å². The van der Waals surface area contributed by atoms with Crippen molar-refractivity contribution in [1.82, 2.24) is 14.6 Å². The third-order valence-electron chi connectivity index (χ3n) is 1.79. The summed E-state index contributed by atoms with van der Waals surface area (Å²) < 4.78 is 1.58. The van der Waals surface area contributed by atoms with Gasteiger partial charge in [-0.3, -0.25) is 4.79 Å².